The molecule has 0 radical (unpaired) electrons. The first kappa shape index (κ1) is 9.89. The highest BCUT2D eigenvalue weighted by molar-refractivity contribution is 5.94. The van der Waals surface area contributed by atoms with Gasteiger partial charge >= 0.3 is 5.97 Å². The normalized spacial score (nSPS) is 12.9. The third-order valence-corrected chi connectivity index (χ3v) is 2.70. The van der Waals surface area contributed by atoms with Crippen molar-refractivity contribution in [1.82, 2.24) is 4.98 Å². The molecule has 5 heteroatoms. The highest BCUT2D eigenvalue weighted by atomic mass is 16.7. The molecule has 1 N–H and O–H groups in total. The summed E-state index contributed by atoms with van der Waals surface area (Å²) in [4.78, 5) is 14.8. The molecule has 1 aliphatic heterocycles. The number of fused-ring (bicyclic) bond motifs is 3. The van der Waals surface area contributed by atoms with Gasteiger partial charge in [-0.2, -0.15) is 0 Å². The van der Waals surface area contributed by atoms with E-state index in [0.717, 1.165) is 10.8 Å². The van der Waals surface area contributed by atoms with E-state index in [1.165, 1.54) is 0 Å². The molecule has 86 valence electrons. The molecule has 0 amide bonds. The van der Waals surface area contributed by atoms with Gasteiger partial charge in [-0.3, -0.25) is 9.78 Å². The van der Waals surface area contributed by atoms with Crippen molar-refractivity contribution in [2.24, 2.45) is 0 Å². The molecule has 0 atom stereocenters. The molecule has 2 heterocycles. The van der Waals surface area contributed by atoms with E-state index in [2.05, 4.69) is 4.98 Å². The van der Waals surface area contributed by atoms with Gasteiger partial charge in [0.1, 0.15) is 0 Å². The van der Waals surface area contributed by atoms with E-state index < -0.39 is 5.97 Å². The molecule has 5 nitrogen and oxygen atoms in total. The fourth-order valence-electron chi connectivity index (χ4n) is 1.98. The van der Waals surface area contributed by atoms with E-state index >= 15 is 0 Å². The van der Waals surface area contributed by atoms with E-state index in [1.807, 2.05) is 6.07 Å². The number of rotatable bonds is 2. The SMILES string of the molecule is O=C(O)Cc1cncc2c3c(ccc12)OCO3. The van der Waals surface area contributed by atoms with Crippen molar-refractivity contribution in [2.45, 2.75) is 6.42 Å². The van der Waals surface area contributed by atoms with Gasteiger partial charge in [-0.1, -0.05) is 6.07 Å². The number of aliphatic carboxylic acids is 1. The highest BCUT2D eigenvalue weighted by Gasteiger charge is 2.18. The summed E-state index contributed by atoms with van der Waals surface area (Å²) in [7, 11) is 0. The van der Waals surface area contributed by atoms with Crippen LogP contribution in [0.1, 0.15) is 5.56 Å². The van der Waals surface area contributed by atoms with Gasteiger partial charge in [0.2, 0.25) is 6.79 Å². The van der Waals surface area contributed by atoms with Gasteiger partial charge in [-0.25, -0.2) is 0 Å². The van der Waals surface area contributed by atoms with Gasteiger partial charge in [0.25, 0.3) is 0 Å². The van der Waals surface area contributed by atoms with Crippen LogP contribution in [0.2, 0.25) is 0 Å². The molecule has 0 spiro atoms. The highest BCUT2D eigenvalue weighted by Crippen LogP contribution is 2.39. The van der Waals surface area contributed by atoms with Crippen LogP contribution in [0.3, 0.4) is 0 Å². The van der Waals surface area contributed by atoms with E-state index in [4.69, 9.17) is 14.6 Å². The Hall–Kier alpha value is -2.30. The lowest BCUT2D eigenvalue weighted by Gasteiger charge is -2.05. The largest absolute Gasteiger partial charge is 0.481 e. The van der Waals surface area contributed by atoms with Crippen molar-refractivity contribution in [1.29, 1.82) is 0 Å². The summed E-state index contributed by atoms with van der Waals surface area (Å²) in [5, 5.41) is 10.5. The van der Waals surface area contributed by atoms with Crippen molar-refractivity contribution in [2.75, 3.05) is 6.79 Å². The number of ether oxygens (including phenoxy) is 2. The van der Waals surface area contributed by atoms with Gasteiger partial charge in [-0.05, 0) is 17.0 Å². The molecule has 0 saturated carbocycles. The molecule has 1 aromatic heterocycles. The van der Waals surface area contributed by atoms with Crippen molar-refractivity contribution in [3.8, 4) is 11.5 Å². The summed E-state index contributed by atoms with van der Waals surface area (Å²) in [5.74, 6) is 0.436. The lowest BCUT2D eigenvalue weighted by molar-refractivity contribution is -0.136. The van der Waals surface area contributed by atoms with Crippen LogP contribution in [0.15, 0.2) is 24.5 Å². The zero-order chi connectivity index (χ0) is 11.8. The molecular weight excluding hydrogens is 222 g/mol. The third-order valence-electron chi connectivity index (χ3n) is 2.70. The van der Waals surface area contributed by atoms with Crippen molar-refractivity contribution in [3.63, 3.8) is 0 Å². The molecule has 0 bridgehead atoms. The van der Waals surface area contributed by atoms with Crippen LogP contribution >= 0.6 is 0 Å². The predicted octanol–water partition coefficient (Wildman–Crippen LogP) is 1.59. The summed E-state index contributed by atoms with van der Waals surface area (Å²) < 4.78 is 10.6. The second-order valence-electron chi connectivity index (χ2n) is 3.76. The minimum absolute atomic E-state index is 0.0516. The Morgan fingerprint density at radius 1 is 1.29 bits per heavy atom. The van der Waals surface area contributed by atoms with E-state index in [-0.39, 0.29) is 13.2 Å². The molecule has 1 aromatic carbocycles. The zero-order valence-electron chi connectivity index (χ0n) is 8.84. The molecule has 17 heavy (non-hydrogen) atoms. The van der Waals surface area contributed by atoms with Crippen LogP contribution in [-0.4, -0.2) is 22.9 Å². The first-order chi connectivity index (χ1) is 8.25. The number of hydrogen-bond donors (Lipinski definition) is 1. The summed E-state index contributed by atoms with van der Waals surface area (Å²) in [6, 6.07) is 3.62. The standard InChI is InChI=1S/C12H9NO4/c14-11(15)3-7-4-13-5-9-8(7)1-2-10-12(9)17-6-16-10/h1-2,4-5H,3,6H2,(H,14,15). The Kier molecular flexibility index (Phi) is 2.11. The van der Waals surface area contributed by atoms with E-state index in [0.29, 0.717) is 17.1 Å². The molecule has 1 aliphatic rings. The topological polar surface area (TPSA) is 68.7 Å². The Labute approximate surface area is 96.6 Å². The number of hydrogen-bond acceptors (Lipinski definition) is 4. The summed E-state index contributed by atoms with van der Waals surface area (Å²) in [6.07, 6.45) is 3.18. The minimum Gasteiger partial charge on any atom is -0.481 e. The first-order valence-corrected chi connectivity index (χ1v) is 5.12. The van der Waals surface area contributed by atoms with Gasteiger partial charge in [0.05, 0.1) is 6.42 Å². The maximum Gasteiger partial charge on any atom is 0.307 e. The predicted molar refractivity (Wildman–Crippen MR) is 59.2 cm³/mol. The summed E-state index contributed by atoms with van der Waals surface area (Å²) >= 11 is 0. The number of aromatic nitrogens is 1. The van der Waals surface area contributed by atoms with Gasteiger partial charge in [0, 0.05) is 17.8 Å². The van der Waals surface area contributed by atoms with Crippen LogP contribution in [-0.2, 0) is 11.2 Å². The average Bonchev–Trinajstić information content (AvgIpc) is 2.76. The number of carboxylic acid groups (broad SMARTS) is 1. The van der Waals surface area contributed by atoms with Crippen molar-refractivity contribution in [3.05, 3.63) is 30.1 Å². The van der Waals surface area contributed by atoms with E-state index in [1.54, 1.807) is 18.5 Å². The fraction of sp³-hybridized carbons (Fsp3) is 0.167. The summed E-state index contributed by atoms with van der Waals surface area (Å²) in [6.45, 7) is 0.192. The number of nitrogens with zero attached hydrogens (tertiary/aromatic N) is 1. The zero-order valence-corrected chi connectivity index (χ0v) is 8.84. The smallest absolute Gasteiger partial charge is 0.307 e. The third kappa shape index (κ3) is 1.56. The fourth-order valence-corrected chi connectivity index (χ4v) is 1.98. The quantitative estimate of drug-likeness (QED) is 0.849. The van der Waals surface area contributed by atoms with Crippen LogP contribution in [0, 0.1) is 0 Å². The Morgan fingerprint density at radius 2 is 2.18 bits per heavy atom. The molecule has 0 saturated heterocycles. The van der Waals surface area contributed by atoms with Gasteiger partial charge in [0.15, 0.2) is 11.5 Å². The number of carbonyl (C=O) groups is 1. The van der Waals surface area contributed by atoms with Gasteiger partial charge in [-0.15, -0.1) is 0 Å². The van der Waals surface area contributed by atoms with Gasteiger partial charge < -0.3 is 14.6 Å². The first-order valence-electron chi connectivity index (χ1n) is 5.12. The second kappa shape index (κ2) is 3.62. The molecule has 2 aromatic rings. The van der Waals surface area contributed by atoms with Crippen molar-refractivity contribution >= 4 is 16.7 Å². The number of carboxylic acids is 1. The molecule has 3 rings (SSSR count). The van der Waals surface area contributed by atoms with Crippen molar-refractivity contribution < 1.29 is 19.4 Å². The lowest BCUT2D eigenvalue weighted by Crippen LogP contribution is -2.01. The maximum absolute atomic E-state index is 10.8. The lowest BCUT2D eigenvalue weighted by atomic mass is 10.0. The second-order valence-corrected chi connectivity index (χ2v) is 3.76. The molecule has 0 unspecified atom stereocenters. The van der Waals surface area contributed by atoms with Crippen LogP contribution in [0.25, 0.3) is 10.8 Å². The molecule has 0 fully saturated rings. The average molecular weight is 231 g/mol. The van der Waals surface area contributed by atoms with Crippen LogP contribution in [0.4, 0.5) is 0 Å². The molecular formula is C12H9NO4. The Bertz CT molecular complexity index is 609. The Balaban J connectivity index is 2.23. The monoisotopic (exact) mass is 231 g/mol. The Morgan fingerprint density at radius 3 is 3.00 bits per heavy atom. The minimum atomic E-state index is -0.878. The molecule has 0 aliphatic carbocycles. The number of benzene rings is 1. The van der Waals surface area contributed by atoms with Crippen LogP contribution in [0.5, 0.6) is 11.5 Å². The van der Waals surface area contributed by atoms with E-state index in [9.17, 15) is 4.79 Å². The maximum atomic E-state index is 10.8. The summed E-state index contributed by atoms with van der Waals surface area (Å²) in [5.41, 5.74) is 0.674. The van der Waals surface area contributed by atoms with Crippen LogP contribution < -0.4 is 9.47 Å². The number of pyridine rings is 1.